The summed E-state index contributed by atoms with van der Waals surface area (Å²) >= 11 is 5.93. The molecule has 0 aliphatic heterocycles. The van der Waals surface area contributed by atoms with Crippen molar-refractivity contribution in [3.63, 3.8) is 0 Å². The minimum absolute atomic E-state index is 0.0573. The topological polar surface area (TPSA) is 72.2 Å². The third-order valence-electron chi connectivity index (χ3n) is 4.80. The Balaban J connectivity index is 2.37. The van der Waals surface area contributed by atoms with Gasteiger partial charge in [0, 0.05) is 17.1 Å². The highest BCUT2D eigenvalue weighted by molar-refractivity contribution is 7.89. The Labute approximate surface area is 132 Å². The van der Waals surface area contributed by atoms with Crippen LogP contribution in [0.4, 0.5) is 0 Å². The van der Waals surface area contributed by atoms with E-state index in [9.17, 15) is 8.42 Å². The Morgan fingerprint density at radius 3 is 2.24 bits per heavy atom. The van der Waals surface area contributed by atoms with Crippen LogP contribution in [0.1, 0.15) is 33.3 Å². The average molecular weight is 331 g/mol. The first-order valence-corrected chi connectivity index (χ1v) is 8.81. The monoisotopic (exact) mass is 330 g/mol. The van der Waals surface area contributed by atoms with Crippen LogP contribution in [0, 0.1) is 17.8 Å². The second-order valence-electron chi connectivity index (χ2n) is 7.08. The lowest BCUT2D eigenvalue weighted by Gasteiger charge is -2.62. The van der Waals surface area contributed by atoms with Crippen LogP contribution in [0.3, 0.4) is 0 Å². The van der Waals surface area contributed by atoms with E-state index in [2.05, 4.69) is 4.72 Å². The smallest absolute Gasteiger partial charge is 0.241 e. The molecule has 1 aromatic rings. The SMILES string of the molecule is Cc1ccc(Cl)cc1S(=O)(=O)NC1C(C)(C)C(N)C1(C)C. The van der Waals surface area contributed by atoms with Crippen LogP contribution in [0.15, 0.2) is 23.1 Å². The first kappa shape index (κ1) is 16.7. The van der Waals surface area contributed by atoms with E-state index in [1.54, 1.807) is 19.1 Å². The molecule has 0 aromatic heterocycles. The van der Waals surface area contributed by atoms with Gasteiger partial charge in [-0.05, 0) is 35.4 Å². The van der Waals surface area contributed by atoms with E-state index in [1.165, 1.54) is 6.07 Å². The van der Waals surface area contributed by atoms with E-state index in [0.29, 0.717) is 10.6 Å². The van der Waals surface area contributed by atoms with Gasteiger partial charge in [-0.2, -0.15) is 0 Å². The maximum absolute atomic E-state index is 12.7. The number of sulfonamides is 1. The summed E-state index contributed by atoms with van der Waals surface area (Å²) < 4.78 is 28.2. The van der Waals surface area contributed by atoms with Gasteiger partial charge in [-0.1, -0.05) is 45.4 Å². The summed E-state index contributed by atoms with van der Waals surface area (Å²) in [5.74, 6) is 0. The molecule has 1 aliphatic rings. The quantitative estimate of drug-likeness (QED) is 0.895. The number of nitrogens with one attached hydrogen (secondary N) is 1. The molecule has 0 heterocycles. The van der Waals surface area contributed by atoms with Crippen LogP contribution in [0.5, 0.6) is 0 Å². The number of hydrogen-bond acceptors (Lipinski definition) is 3. The Kier molecular flexibility index (Phi) is 3.94. The van der Waals surface area contributed by atoms with Gasteiger partial charge in [0.2, 0.25) is 10.0 Å². The molecule has 1 aromatic carbocycles. The van der Waals surface area contributed by atoms with Crippen molar-refractivity contribution in [2.75, 3.05) is 0 Å². The fraction of sp³-hybridized carbons (Fsp3) is 0.600. The molecule has 1 saturated carbocycles. The fourth-order valence-electron chi connectivity index (χ4n) is 3.57. The van der Waals surface area contributed by atoms with Gasteiger partial charge in [0.1, 0.15) is 0 Å². The van der Waals surface area contributed by atoms with E-state index in [-0.39, 0.29) is 27.8 Å². The molecule has 21 heavy (non-hydrogen) atoms. The molecule has 118 valence electrons. The van der Waals surface area contributed by atoms with Crippen molar-refractivity contribution in [2.45, 2.75) is 51.6 Å². The largest absolute Gasteiger partial charge is 0.327 e. The summed E-state index contributed by atoms with van der Waals surface area (Å²) in [4.78, 5) is 0.224. The highest BCUT2D eigenvalue weighted by Gasteiger charge is 2.61. The Hall–Kier alpha value is -0.620. The number of benzene rings is 1. The van der Waals surface area contributed by atoms with Crippen LogP contribution in [0.25, 0.3) is 0 Å². The summed E-state index contributed by atoms with van der Waals surface area (Å²) in [6.07, 6.45) is 0. The molecule has 1 aliphatic carbocycles. The van der Waals surface area contributed by atoms with Crippen LogP contribution >= 0.6 is 11.6 Å². The molecule has 0 unspecified atom stereocenters. The maximum Gasteiger partial charge on any atom is 0.241 e. The molecule has 0 spiro atoms. The molecule has 0 saturated heterocycles. The third kappa shape index (κ3) is 2.61. The summed E-state index contributed by atoms with van der Waals surface area (Å²) in [5, 5.41) is 0.407. The van der Waals surface area contributed by atoms with E-state index in [4.69, 9.17) is 17.3 Å². The third-order valence-corrected chi connectivity index (χ3v) is 6.60. The van der Waals surface area contributed by atoms with Crippen LogP contribution in [0.2, 0.25) is 5.02 Å². The first-order chi connectivity index (χ1) is 9.40. The van der Waals surface area contributed by atoms with E-state index in [0.717, 1.165) is 0 Å². The summed E-state index contributed by atoms with van der Waals surface area (Å²) in [7, 11) is -3.63. The predicted molar refractivity (Wildman–Crippen MR) is 85.8 cm³/mol. The molecule has 3 N–H and O–H groups in total. The van der Waals surface area contributed by atoms with Crippen molar-refractivity contribution in [3.05, 3.63) is 28.8 Å². The second-order valence-corrected chi connectivity index (χ2v) is 9.20. The normalized spacial score (nSPS) is 27.2. The molecule has 1 fully saturated rings. The summed E-state index contributed by atoms with van der Waals surface area (Å²) in [6, 6.07) is 4.60. The lowest BCUT2D eigenvalue weighted by Crippen LogP contribution is -2.75. The number of aryl methyl sites for hydroxylation is 1. The summed E-state index contributed by atoms with van der Waals surface area (Å²) in [6.45, 7) is 9.71. The molecular weight excluding hydrogens is 308 g/mol. The lowest BCUT2D eigenvalue weighted by molar-refractivity contribution is -0.0593. The van der Waals surface area contributed by atoms with E-state index < -0.39 is 10.0 Å². The molecule has 0 bridgehead atoms. The summed E-state index contributed by atoms with van der Waals surface area (Å²) in [5.41, 5.74) is 6.28. The minimum Gasteiger partial charge on any atom is -0.327 e. The van der Waals surface area contributed by atoms with Gasteiger partial charge in [0.05, 0.1) is 4.90 Å². The van der Waals surface area contributed by atoms with Crippen molar-refractivity contribution in [2.24, 2.45) is 16.6 Å². The van der Waals surface area contributed by atoms with Crippen LogP contribution < -0.4 is 10.5 Å². The van der Waals surface area contributed by atoms with Gasteiger partial charge in [0.15, 0.2) is 0 Å². The zero-order valence-electron chi connectivity index (χ0n) is 13.1. The Bertz CT molecular complexity index is 652. The van der Waals surface area contributed by atoms with Gasteiger partial charge in [0.25, 0.3) is 0 Å². The van der Waals surface area contributed by atoms with Crippen LogP contribution in [-0.2, 0) is 10.0 Å². The highest BCUT2D eigenvalue weighted by Crippen LogP contribution is 2.53. The predicted octanol–water partition coefficient (Wildman–Crippen LogP) is 2.69. The van der Waals surface area contributed by atoms with Crippen LogP contribution in [-0.4, -0.2) is 20.5 Å². The standard InChI is InChI=1S/C15H23ClN2O2S/c1-9-6-7-10(16)8-11(9)21(19,20)18-13-14(2,3)12(17)15(13,4)5/h6-8,12-13,18H,17H2,1-5H3. The number of halogens is 1. The molecule has 6 heteroatoms. The van der Waals surface area contributed by atoms with Crippen molar-refractivity contribution < 1.29 is 8.42 Å². The first-order valence-electron chi connectivity index (χ1n) is 6.95. The average Bonchev–Trinajstić information content (AvgIpc) is 2.37. The molecule has 0 amide bonds. The lowest BCUT2D eigenvalue weighted by atomic mass is 9.49. The van der Waals surface area contributed by atoms with Gasteiger partial charge in [-0.25, -0.2) is 13.1 Å². The van der Waals surface area contributed by atoms with Gasteiger partial charge >= 0.3 is 0 Å². The van der Waals surface area contributed by atoms with Crippen molar-refractivity contribution in [1.29, 1.82) is 0 Å². The van der Waals surface area contributed by atoms with Gasteiger partial charge < -0.3 is 5.73 Å². The van der Waals surface area contributed by atoms with Crippen molar-refractivity contribution in [1.82, 2.24) is 4.72 Å². The zero-order valence-corrected chi connectivity index (χ0v) is 14.6. The molecule has 4 nitrogen and oxygen atoms in total. The second kappa shape index (κ2) is 4.95. The molecule has 2 rings (SSSR count). The zero-order chi connectivity index (χ0) is 16.2. The number of nitrogens with two attached hydrogens (primary N) is 1. The van der Waals surface area contributed by atoms with Gasteiger partial charge in [-0.3, -0.25) is 0 Å². The van der Waals surface area contributed by atoms with E-state index >= 15 is 0 Å². The van der Waals surface area contributed by atoms with E-state index in [1.807, 2.05) is 27.7 Å². The van der Waals surface area contributed by atoms with Gasteiger partial charge in [-0.15, -0.1) is 0 Å². The van der Waals surface area contributed by atoms with Crippen molar-refractivity contribution >= 4 is 21.6 Å². The molecule has 0 radical (unpaired) electrons. The number of rotatable bonds is 3. The molecule has 0 atom stereocenters. The Morgan fingerprint density at radius 2 is 1.71 bits per heavy atom. The molecular formula is C15H23ClN2O2S. The highest BCUT2D eigenvalue weighted by atomic mass is 35.5. The minimum atomic E-state index is -3.63. The van der Waals surface area contributed by atoms with Crippen molar-refractivity contribution in [3.8, 4) is 0 Å². The Morgan fingerprint density at radius 1 is 1.19 bits per heavy atom. The fourth-order valence-corrected chi connectivity index (χ4v) is 5.62. The maximum atomic E-state index is 12.7. The number of hydrogen-bond donors (Lipinski definition) is 2.